The minimum Gasteiger partial charge on any atom is -0.350 e. The van der Waals surface area contributed by atoms with Crippen molar-refractivity contribution >= 4 is 44.4 Å². The summed E-state index contributed by atoms with van der Waals surface area (Å²) >= 11 is 5.89. The van der Waals surface area contributed by atoms with Gasteiger partial charge in [-0.25, -0.2) is 8.78 Å². The molecule has 8 nitrogen and oxygen atoms in total. The number of hydrogen-bond acceptors (Lipinski definition) is 4. The Hall–Kier alpha value is -3.02. The van der Waals surface area contributed by atoms with Gasteiger partial charge < -0.3 is 4.98 Å². The Morgan fingerprint density at radius 1 is 1.10 bits per heavy atom. The number of benzene rings is 2. The zero-order chi connectivity index (χ0) is 21.8. The Bertz CT molecular complexity index is 1170. The van der Waals surface area contributed by atoms with Gasteiger partial charge in [-0.3, -0.25) is 25.6 Å². The van der Waals surface area contributed by atoms with Crippen molar-refractivity contribution < 1.29 is 26.5 Å². The van der Waals surface area contributed by atoms with Crippen molar-refractivity contribution in [1.29, 1.82) is 5.41 Å². The largest absolute Gasteiger partial charge is 0.350 e. The molecule has 0 saturated heterocycles. The molecule has 0 bridgehead atoms. The second-order valence-electron chi connectivity index (χ2n) is 5.73. The van der Waals surface area contributed by atoms with Gasteiger partial charge in [-0.1, -0.05) is 11.6 Å². The minimum atomic E-state index is -3.67. The van der Waals surface area contributed by atoms with E-state index < -0.39 is 27.7 Å². The summed E-state index contributed by atoms with van der Waals surface area (Å²) in [5.41, 5.74) is 5.75. The van der Waals surface area contributed by atoms with Gasteiger partial charge in [0.25, 0.3) is 16.0 Å². The van der Waals surface area contributed by atoms with Crippen molar-refractivity contribution in [1.82, 2.24) is 15.8 Å². The molecule has 0 atom stereocenters. The van der Waals surface area contributed by atoms with Crippen LogP contribution in [-0.2, 0) is 10.1 Å². The van der Waals surface area contributed by atoms with Crippen molar-refractivity contribution in [2.75, 3.05) is 6.26 Å². The average Bonchev–Trinajstić information content (AvgIpc) is 3.03. The zero-order valence-corrected chi connectivity index (χ0v) is 16.3. The predicted octanol–water partition coefficient (Wildman–Crippen LogP) is 2.86. The zero-order valence-electron chi connectivity index (χ0n) is 14.8. The highest BCUT2D eigenvalue weighted by Crippen LogP contribution is 2.20. The molecular weight excluding hydrogens is 430 g/mol. The first-order chi connectivity index (χ1) is 13.4. The number of amidine groups is 1. The van der Waals surface area contributed by atoms with Crippen LogP contribution in [-0.4, -0.2) is 36.0 Å². The van der Waals surface area contributed by atoms with Gasteiger partial charge >= 0.3 is 0 Å². The molecule has 3 aromatic rings. The lowest BCUT2D eigenvalue weighted by atomic mass is 10.2. The highest BCUT2D eigenvalue weighted by molar-refractivity contribution is 7.85. The van der Waals surface area contributed by atoms with Crippen molar-refractivity contribution in [3.63, 3.8) is 0 Å². The molecule has 3 rings (SSSR count). The number of aromatic amines is 1. The van der Waals surface area contributed by atoms with Crippen LogP contribution in [0, 0.1) is 17.0 Å². The number of hydrazine groups is 1. The number of aromatic nitrogens is 1. The molecule has 0 spiro atoms. The van der Waals surface area contributed by atoms with Crippen LogP contribution in [0.4, 0.5) is 8.78 Å². The molecular formula is C17H15ClF2N4O4S. The third kappa shape index (κ3) is 6.82. The molecule has 2 aromatic carbocycles. The number of nitrogens with one attached hydrogen (secondary N) is 4. The van der Waals surface area contributed by atoms with E-state index in [9.17, 15) is 22.0 Å². The number of halogens is 3. The van der Waals surface area contributed by atoms with E-state index in [0.717, 1.165) is 23.0 Å². The summed E-state index contributed by atoms with van der Waals surface area (Å²) in [6.45, 7) is 0. The van der Waals surface area contributed by atoms with Gasteiger partial charge in [-0.05, 0) is 42.5 Å². The minimum absolute atomic E-state index is 0.0950. The van der Waals surface area contributed by atoms with E-state index in [0.29, 0.717) is 11.3 Å². The summed E-state index contributed by atoms with van der Waals surface area (Å²) in [4.78, 5) is 15.0. The van der Waals surface area contributed by atoms with E-state index in [1.54, 1.807) is 24.3 Å². The highest BCUT2D eigenvalue weighted by atomic mass is 35.5. The van der Waals surface area contributed by atoms with E-state index >= 15 is 0 Å². The Morgan fingerprint density at radius 2 is 1.76 bits per heavy atom. The van der Waals surface area contributed by atoms with Crippen molar-refractivity contribution in [2.24, 2.45) is 0 Å². The maximum Gasteiger partial charge on any atom is 0.286 e. The molecule has 0 unspecified atom stereocenters. The fourth-order valence-corrected chi connectivity index (χ4v) is 2.32. The van der Waals surface area contributed by atoms with Crippen LogP contribution in [0.25, 0.3) is 10.9 Å². The first-order valence-corrected chi connectivity index (χ1v) is 9.97. The lowest BCUT2D eigenvalue weighted by Gasteiger charge is -2.09. The normalized spacial score (nSPS) is 10.8. The summed E-state index contributed by atoms with van der Waals surface area (Å²) in [5, 5.41) is 9.06. The van der Waals surface area contributed by atoms with Gasteiger partial charge in [0.2, 0.25) is 0 Å². The summed E-state index contributed by atoms with van der Waals surface area (Å²) in [5.74, 6) is -2.87. The Labute approximate surface area is 169 Å². The molecule has 12 heteroatoms. The van der Waals surface area contributed by atoms with Crippen LogP contribution in [0.3, 0.4) is 0 Å². The molecule has 154 valence electrons. The topological polar surface area (TPSA) is 135 Å². The van der Waals surface area contributed by atoms with Crippen LogP contribution < -0.4 is 10.9 Å². The van der Waals surface area contributed by atoms with Crippen LogP contribution in [0.1, 0.15) is 16.1 Å². The van der Waals surface area contributed by atoms with E-state index in [2.05, 4.69) is 15.8 Å². The lowest BCUT2D eigenvalue weighted by Crippen LogP contribution is -2.41. The van der Waals surface area contributed by atoms with Gasteiger partial charge in [0, 0.05) is 21.5 Å². The Morgan fingerprint density at radius 3 is 2.38 bits per heavy atom. The number of hydrogen-bond donors (Lipinski definition) is 5. The molecule has 1 amide bonds. The monoisotopic (exact) mass is 444 g/mol. The van der Waals surface area contributed by atoms with Crippen molar-refractivity contribution in [3.05, 3.63) is 70.4 Å². The first-order valence-electron chi connectivity index (χ1n) is 7.75. The number of fused-ring (bicyclic) bond motifs is 1. The quantitative estimate of drug-likeness (QED) is 0.179. The predicted molar refractivity (Wildman–Crippen MR) is 105 cm³/mol. The van der Waals surface area contributed by atoms with Gasteiger partial charge in [-0.15, -0.1) is 0 Å². The van der Waals surface area contributed by atoms with Gasteiger partial charge in [0.15, 0.2) is 11.6 Å². The van der Waals surface area contributed by atoms with E-state index in [4.69, 9.17) is 21.6 Å². The van der Waals surface area contributed by atoms with Crippen LogP contribution >= 0.6 is 11.6 Å². The number of amides is 1. The van der Waals surface area contributed by atoms with E-state index in [-0.39, 0.29) is 17.1 Å². The molecule has 5 N–H and O–H groups in total. The van der Waals surface area contributed by atoms with Crippen molar-refractivity contribution in [3.8, 4) is 0 Å². The van der Waals surface area contributed by atoms with Crippen LogP contribution in [0.2, 0.25) is 5.02 Å². The highest BCUT2D eigenvalue weighted by Gasteiger charge is 2.11. The molecule has 1 heterocycles. The molecule has 0 fully saturated rings. The smallest absolute Gasteiger partial charge is 0.286 e. The van der Waals surface area contributed by atoms with Crippen LogP contribution in [0.15, 0.2) is 42.5 Å². The number of rotatable bonds is 2. The molecule has 0 aliphatic heterocycles. The van der Waals surface area contributed by atoms with E-state index in [1.165, 1.54) is 6.07 Å². The molecule has 1 aromatic heterocycles. The summed E-state index contributed by atoms with van der Waals surface area (Å²) in [6, 6.07) is 9.75. The molecule has 0 aliphatic rings. The van der Waals surface area contributed by atoms with Gasteiger partial charge in [0.05, 0.1) is 6.26 Å². The molecule has 0 aliphatic carbocycles. The molecule has 0 saturated carbocycles. The van der Waals surface area contributed by atoms with E-state index in [1.807, 2.05) is 0 Å². The Balaban J connectivity index is 0.000000537. The number of carbonyl (C=O) groups is 1. The third-order valence-electron chi connectivity index (χ3n) is 3.34. The molecule has 29 heavy (non-hydrogen) atoms. The summed E-state index contributed by atoms with van der Waals surface area (Å²) in [7, 11) is -3.67. The van der Waals surface area contributed by atoms with Crippen LogP contribution in [0.5, 0.6) is 0 Å². The fourth-order valence-electron chi connectivity index (χ4n) is 2.14. The number of carbonyl (C=O) groups excluding carboxylic acids is 1. The fraction of sp³-hybridized carbons (Fsp3) is 0.0588. The van der Waals surface area contributed by atoms with Gasteiger partial charge in [-0.2, -0.15) is 8.42 Å². The second kappa shape index (κ2) is 8.99. The van der Waals surface area contributed by atoms with Crippen molar-refractivity contribution in [2.45, 2.75) is 0 Å². The summed E-state index contributed by atoms with van der Waals surface area (Å²) < 4.78 is 51.9. The Kier molecular flexibility index (Phi) is 6.90. The molecule has 0 radical (unpaired) electrons. The second-order valence-corrected chi connectivity index (χ2v) is 7.63. The lowest BCUT2D eigenvalue weighted by molar-refractivity contribution is 0.0939. The maximum absolute atomic E-state index is 13.2. The first kappa shape index (κ1) is 22.3. The standard InChI is InChI=1S/C16H11ClF2N4O.CH4O3S/c17-10-2-4-13-9(5-10)7-14(21-13)16(24)23-22-15(20)8-1-3-11(18)12(19)6-8;1-5(2,3)4/h1-7,21H,(H2,20,22)(H,23,24);1H3,(H,2,3,4). The maximum atomic E-state index is 13.2. The SMILES string of the molecule is CS(=O)(=O)O.N=C(NNC(=O)c1cc2cc(Cl)ccc2[nH]1)c1ccc(F)c(F)c1. The van der Waals surface area contributed by atoms with Gasteiger partial charge in [0.1, 0.15) is 11.5 Å². The third-order valence-corrected chi connectivity index (χ3v) is 3.57. The number of H-pyrrole nitrogens is 1. The summed E-state index contributed by atoms with van der Waals surface area (Å²) in [6.07, 6.45) is 0.715. The average molecular weight is 445 g/mol.